The van der Waals surface area contributed by atoms with Crippen LogP contribution in [0.4, 0.5) is 0 Å². The van der Waals surface area contributed by atoms with E-state index in [1.807, 2.05) is 30.3 Å². The zero-order valence-corrected chi connectivity index (χ0v) is 9.52. The lowest BCUT2D eigenvalue weighted by atomic mass is 9.85. The highest BCUT2D eigenvalue weighted by atomic mass is 16.1. The average Bonchev–Trinajstić information content (AvgIpc) is 2.27. The first kappa shape index (κ1) is 10.3. The van der Waals surface area contributed by atoms with Crippen LogP contribution in [0, 0.1) is 0 Å². The Morgan fingerprint density at radius 1 is 1.18 bits per heavy atom. The molecule has 1 aromatic carbocycles. The summed E-state index contributed by atoms with van der Waals surface area (Å²) in [6, 6.07) is 11.4. The maximum absolute atomic E-state index is 11.6. The third kappa shape index (κ3) is 2.00. The van der Waals surface area contributed by atoms with Crippen molar-refractivity contribution in [2.45, 2.75) is 25.2 Å². The second-order valence-electron chi connectivity index (χ2n) is 4.51. The van der Waals surface area contributed by atoms with Crippen LogP contribution >= 0.6 is 0 Å². The summed E-state index contributed by atoms with van der Waals surface area (Å²) in [6.45, 7) is 0. The van der Waals surface area contributed by atoms with E-state index in [4.69, 9.17) is 0 Å². The van der Waals surface area contributed by atoms with Crippen molar-refractivity contribution >= 4 is 0 Å². The van der Waals surface area contributed by atoms with E-state index in [2.05, 4.69) is 9.97 Å². The van der Waals surface area contributed by atoms with Crippen LogP contribution in [0.2, 0.25) is 0 Å². The molecule has 17 heavy (non-hydrogen) atoms. The first-order chi connectivity index (χ1) is 8.33. The molecule has 3 heteroatoms. The third-order valence-electron chi connectivity index (χ3n) is 3.32. The van der Waals surface area contributed by atoms with Crippen molar-refractivity contribution < 1.29 is 0 Å². The summed E-state index contributed by atoms with van der Waals surface area (Å²) in [7, 11) is 0. The maximum atomic E-state index is 11.6. The van der Waals surface area contributed by atoms with Crippen LogP contribution in [0.3, 0.4) is 0 Å². The van der Waals surface area contributed by atoms with Crippen molar-refractivity contribution in [2.24, 2.45) is 0 Å². The molecule has 1 N–H and O–H groups in total. The van der Waals surface area contributed by atoms with Crippen molar-refractivity contribution in [3.8, 4) is 11.3 Å². The molecule has 3 nitrogen and oxygen atoms in total. The van der Waals surface area contributed by atoms with Gasteiger partial charge in [0.05, 0.1) is 5.69 Å². The molecule has 0 saturated heterocycles. The van der Waals surface area contributed by atoms with Gasteiger partial charge in [0, 0.05) is 17.5 Å². The topological polar surface area (TPSA) is 45.8 Å². The first-order valence-electron chi connectivity index (χ1n) is 5.99. The van der Waals surface area contributed by atoms with E-state index in [0.717, 1.165) is 29.9 Å². The van der Waals surface area contributed by atoms with Gasteiger partial charge in [0.25, 0.3) is 5.56 Å². The van der Waals surface area contributed by atoms with Crippen LogP contribution in [0.25, 0.3) is 11.3 Å². The van der Waals surface area contributed by atoms with E-state index in [1.165, 1.54) is 6.42 Å². The van der Waals surface area contributed by atoms with Gasteiger partial charge in [-0.05, 0) is 12.8 Å². The second-order valence-corrected chi connectivity index (χ2v) is 4.51. The van der Waals surface area contributed by atoms with Crippen LogP contribution in [0.5, 0.6) is 0 Å². The van der Waals surface area contributed by atoms with Crippen LogP contribution in [0.1, 0.15) is 31.0 Å². The lowest BCUT2D eigenvalue weighted by molar-refractivity contribution is 0.401. The predicted octanol–water partition coefficient (Wildman–Crippen LogP) is 2.70. The SMILES string of the molecule is O=c1cc(-c2ccccc2)nc(C2CCC2)[nH]1. The van der Waals surface area contributed by atoms with Crippen molar-refractivity contribution in [3.63, 3.8) is 0 Å². The Morgan fingerprint density at radius 3 is 2.59 bits per heavy atom. The van der Waals surface area contributed by atoms with Crippen LogP contribution in [-0.2, 0) is 0 Å². The molecule has 0 bridgehead atoms. The Bertz CT molecular complexity index is 570. The molecule has 1 aromatic heterocycles. The summed E-state index contributed by atoms with van der Waals surface area (Å²) in [5.74, 6) is 1.30. The Morgan fingerprint density at radius 2 is 1.94 bits per heavy atom. The minimum Gasteiger partial charge on any atom is -0.310 e. The largest absolute Gasteiger partial charge is 0.310 e. The highest BCUT2D eigenvalue weighted by Crippen LogP contribution is 2.34. The van der Waals surface area contributed by atoms with E-state index in [-0.39, 0.29) is 5.56 Å². The fourth-order valence-corrected chi connectivity index (χ4v) is 2.11. The summed E-state index contributed by atoms with van der Waals surface area (Å²) in [5.41, 5.74) is 1.72. The van der Waals surface area contributed by atoms with Gasteiger partial charge in [-0.2, -0.15) is 0 Å². The molecule has 0 amide bonds. The number of benzene rings is 1. The van der Waals surface area contributed by atoms with E-state index in [0.29, 0.717) is 5.92 Å². The van der Waals surface area contributed by atoms with Gasteiger partial charge in [0.2, 0.25) is 0 Å². The van der Waals surface area contributed by atoms with Gasteiger partial charge in [0.15, 0.2) is 0 Å². The number of hydrogen-bond acceptors (Lipinski definition) is 2. The molecular formula is C14H14N2O. The molecule has 0 aliphatic heterocycles. The molecule has 2 aromatic rings. The highest BCUT2D eigenvalue weighted by molar-refractivity contribution is 5.58. The molecule has 0 spiro atoms. The van der Waals surface area contributed by atoms with Crippen molar-refractivity contribution in [3.05, 3.63) is 52.6 Å². The van der Waals surface area contributed by atoms with Crippen molar-refractivity contribution in [1.82, 2.24) is 9.97 Å². The Hall–Kier alpha value is -1.90. The molecule has 1 saturated carbocycles. The van der Waals surface area contributed by atoms with E-state index in [1.54, 1.807) is 6.07 Å². The van der Waals surface area contributed by atoms with Gasteiger partial charge >= 0.3 is 0 Å². The average molecular weight is 226 g/mol. The van der Waals surface area contributed by atoms with E-state index in [9.17, 15) is 4.79 Å². The van der Waals surface area contributed by atoms with Gasteiger partial charge in [-0.25, -0.2) is 4.98 Å². The Labute approximate surface area is 99.5 Å². The summed E-state index contributed by atoms with van der Waals surface area (Å²) in [4.78, 5) is 19.1. The number of nitrogens with one attached hydrogen (secondary N) is 1. The van der Waals surface area contributed by atoms with Gasteiger partial charge < -0.3 is 4.98 Å². The molecule has 3 rings (SSSR count). The van der Waals surface area contributed by atoms with Crippen LogP contribution < -0.4 is 5.56 Å². The molecule has 0 radical (unpaired) electrons. The summed E-state index contributed by atoms with van der Waals surface area (Å²) < 4.78 is 0. The Kier molecular flexibility index (Phi) is 2.52. The predicted molar refractivity (Wildman–Crippen MR) is 66.9 cm³/mol. The fraction of sp³-hybridized carbons (Fsp3) is 0.286. The van der Waals surface area contributed by atoms with E-state index >= 15 is 0 Å². The fourth-order valence-electron chi connectivity index (χ4n) is 2.11. The van der Waals surface area contributed by atoms with Gasteiger partial charge in [-0.15, -0.1) is 0 Å². The molecule has 1 heterocycles. The molecule has 0 atom stereocenters. The minimum atomic E-state index is -0.0549. The highest BCUT2D eigenvalue weighted by Gasteiger charge is 2.22. The Balaban J connectivity index is 2.05. The summed E-state index contributed by atoms with van der Waals surface area (Å²) in [5, 5.41) is 0. The summed E-state index contributed by atoms with van der Waals surface area (Å²) >= 11 is 0. The van der Waals surface area contributed by atoms with Crippen LogP contribution in [0.15, 0.2) is 41.2 Å². The second kappa shape index (κ2) is 4.17. The summed E-state index contributed by atoms with van der Waals surface area (Å²) in [6.07, 6.45) is 3.52. The van der Waals surface area contributed by atoms with Crippen molar-refractivity contribution in [1.29, 1.82) is 0 Å². The maximum Gasteiger partial charge on any atom is 0.251 e. The van der Waals surface area contributed by atoms with Crippen molar-refractivity contribution in [2.75, 3.05) is 0 Å². The molecule has 1 aliphatic carbocycles. The first-order valence-corrected chi connectivity index (χ1v) is 5.99. The van der Waals surface area contributed by atoms with Gasteiger partial charge in [0.1, 0.15) is 5.82 Å². The zero-order chi connectivity index (χ0) is 11.7. The van der Waals surface area contributed by atoms with Gasteiger partial charge in [-0.3, -0.25) is 4.79 Å². The molecule has 0 unspecified atom stereocenters. The third-order valence-corrected chi connectivity index (χ3v) is 3.32. The lowest BCUT2D eigenvalue weighted by Crippen LogP contribution is -2.18. The quantitative estimate of drug-likeness (QED) is 0.855. The monoisotopic (exact) mass is 226 g/mol. The standard InChI is InChI=1S/C14H14N2O/c17-13-9-12(10-5-2-1-3-6-10)15-14(16-13)11-7-4-8-11/h1-3,5-6,9,11H,4,7-8H2,(H,15,16,17). The van der Waals surface area contributed by atoms with Crippen LogP contribution in [-0.4, -0.2) is 9.97 Å². The van der Waals surface area contributed by atoms with Gasteiger partial charge in [-0.1, -0.05) is 36.8 Å². The molecule has 86 valence electrons. The zero-order valence-electron chi connectivity index (χ0n) is 9.52. The molecular weight excluding hydrogens is 212 g/mol. The number of hydrogen-bond donors (Lipinski definition) is 1. The number of aromatic amines is 1. The van der Waals surface area contributed by atoms with E-state index < -0.39 is 0 Å². The number of rotatable bonds is 2. The number of H-pyrrole nitrogens is 1. The molecule has 1 aliphatic rings. The lowest BCUT2D eigenvalue weighted by Gasteiger charge is -2.24. The minimum absolute atomic E-state index is 0.0549. The normalized spacial score (nSPS) is 15.5. The number of aromatic nitrogens is 2. The molecule has 1 fully saturated rings. The number of nitrogens with zero attached hydrogens (tertiary/aromatic N) is 1. The smallest absolute Gasteiger partial charge is 0.251 e.